The van der Waals surface area contributed by atoms with E-state index in [1.54, 1.807) is 0 Å². The van der Waals surface area contributed by atoms with Crippen LogP contribution in [0.2, 0.25) is 0 Å². The van der Waals surface area contributed by atoms with Crippen molar-refractivity contribution in [2.24, 2.45) is 0 Å². The van der Waals surface area contributed by atoms with Gasteiger partial charge in [0.15, 0.2) is 0 Å². The quantitative estimate of drug-likeness (QED) is 0.175. The number of esters is 1. The second kappa shape index (κ2) is 13.2. The molecule has 0 saturated heterocycles. The van der Waals surface area contributed by atoms with E-state index in [0.29, 0.717) is 12.2 Å². The summed E-state index contributed by atoms with van der Waals surface area (Å²) in [4.78, 5) is 12.0. The van der Waals surface area contributed by atoms with Gasteiger partial charge in [-0.2, -0.15) is 0 Å². The number of benzene rings is 1. The van der Waals surface area contributed by atoms with Gasteiger partial charge >= 0.3 is 5.97 Å². The third-order valence-electron chi connectivity index (χ3n) is 3.83. The number of rotatable bonds is 12. The minimum atomic E-state index is -0.222. The van der Waals surface area contributed by atoms with Gasteiger partial charge in [-0.05, 0) is 47.2 Å². The Balaban J connectivity index is 2.01. The van der Waals surface area contributed by atoms with Crippen molar-refractivity contribution in [2.45, 2.75) is 71.1 Å². The molecule has 0 amide bonds. The summed E-state index contributed by atoms with van der Waals surface area (Å²) in [7, 11) is 0. The fraction of sp³-hybridized carbons (Fsp3) is 0.632. The van der Waals surface area contributed by atoms with Crippen LogP contribution < -0.4 is 0 Å². The van der Waals surface area contributed by atoms with E-state index in [0.717, 1.165) is 20.9 Å². The highest BCUT2D eigenvalue weighted by Gasteiger charge is 2.08. The monoisotopic (exact) mass is 494 g/mol. The molecule has 1 aromatic rings. The van der Waals surface area contributed by atoms with Crippen LogP contribution in [0.5, 0.6) is 0 Å². The van der Waals surface area contributed by atoms with Crippen molar-refractivity contribution in [1.82, 2.24) is 0 Å². The van der Waals surface area contributed by atoms with Gasteiger partial charge in [-0.3, -0.25) is 0 Å². The molecule has 0 unspecified atom stereocenters. The van der Waals surface area contributed by atoms with Crippen molar-refractivity contribution in [1.29, 1.82) is 0 Å². The SMILES string of the molecule is CCCCCCCCCCCCOC(=O)c1cc(Br)cc(I)c1. The third kappa shape index (κ3) is 10.4. The molecule has 0 heterocycles. The number of hydrogen-bond acceptors (Lipinski definition) is 2. The number of unbranched alkanes of at least 4 members (excludes halogenated alkanes) is 9. The maximum atomic E-state index is 12.0. The highest BCUT2D eigenvalue weighted by molar-refractivity contribution is 14.1. The zero-order valence-corrected chi connectivity index (χ0v) is 17.8. The fourth-order valence-corrected chi connectivity index (χ4v) is 4.10. The average Bonchev–Trinajstić information content (AvgIpc) is 2.51. The summed E-state index contributed by atoms with van der Waals surface area (Å²) in [6, 6.07) is 5.63. The van der Waals surface area contributed by atoms with Gasteiger partial charge in [-0.25, -0.2) is 4.79 Å². The standard InChI is InChI=1S/C19H28BrIO2/c1-2-3-4-5-6-7-8-9-10-11-12-23-19(22)16-13-17(20)15-18(21)14-16/h13-15H,2-12H2,1H3. The largest absolute Gasteiger partial charge is 0.462 e. The number of ether oxygens (including phenoxy) is 1. The van der Waals surface area contributed by atoms with Crippen LogP contribution in [0.15, 0.2) is 22.7 Å². The molecule has 23 heavy (non-hydrogen) atoms. The zero-order valence-electron chi connectivity index (χ0n) is 14.1. The minimum Gasteiger partial charge on any atom is -0.462 e. The van der Waals surface area contributed by atoms with E-state index in [9.17, 15) is 4.79 Å². The molecule has 130 valence electrons. The van der Waals surface area contributed by atoms with Crippen molar-refractivity contribution in [3.63, 3.8) is 0 Å². The molecule has 0 aliphatic rings. The van der Waals surface area contributed by atoms with Crippen molar-refractivity contribution in [2.75, 3.05) is 6.61 Å². The smallest absolute Gasteiger partial charge is 0.338 e. The lowest BCUT2D eigenvalue weighted by Gasteiger charge is -2.06. The second-order valence-electron chi connectivity index (χ2n) is 5.98. The van der Waals surface area contributed by atoms with Crippen LogP contribution in [0.1, 0.15) is 81.5 Å². The van der Waals surface area contributed by atoms with Crippen LogP contribution in [0, 0.1) is 3.57 Å². The van der Waals surface area contributed by atoms with E-state index >= 15 is 0 Å². The van der Waals surface area contributed by atoms with Crippen LogP contribution in [0.3, 0.4) is 0 Å². The molecule has 2 nitrogen and oxygen atoms in total. The van der Waals surface area contributed by atoms with E-state index in [1.165, 1.54) is 51.4 Å². The first kappa shape index (κ1) is 20.9. The van der Waals surface area contributed by atoms with Crippen molar-refractivity contribution < 1.29 is 9.53 Å². The van der Waals surface area contributed by atoms with Crippen molar-refractivity contribution in [3.8, 4) is 0 Å². The number of carbonyl (C=O) groups excluding carboxylic acids is 1. The number of carbonyl (C=O) groups is 1. The van der Waals surface area contributed by atoms with Gasteiger partial charge in [-0.1, -0.05) is 80.6 Å². The summed E-state index contributed by atoms with van der Waals surface area (Å²) in [5, 5.41) is 0. The van der Waals surface area contributed by atoms with Crippen LogP contribution in [-0.4, -0.2) is 12.6 Å². The molecular weight excluding hydrogens is 467 g/mol. The van der Waals surface area contributed by atoms with E-state index in [-0.39, 0.29) is 5.97 Å². The first-order valence-corrected chi connectivity index (χ1v) is 10.6. The number of halogens is 2. The molecule has 0 saturated carbocycles. The molecule has 0 atom stereocenters. The van der Waals surface area contributed by atoms with E-state index in [1.807, 2.05) is 18.2 Å². The lowest BCUT2D eigenvalue weighted by atomic mass is 10.1. The van der Waals surface area contributed by atoms with Crippen LogP contribution >= 0.6 is 38.5 Å². The minimum absolute atomic E-state index is 0.222. The van der Waals surface area contributed by atoms with Crippen LogP contribution in [0.4, 0.5) is 0 Å². The Kier molecular flexibility index (Phi) is 12.0. The molecule has 0 fully saturated rings. The maximum absolute atomic E-state index is 12.0. The third-order valence-corrected chi connectivity index (χ3v) is 4.91. The van der Waals surface area contributed by atoms with Gasteiger partial charge in [-0.15, -0.1) is 0 Å². The molecule has 1 aromatic carbocycles. The first-order valence-electron chi connectivity index (χ1n) is 8.76. The van der Waals surface area contributed by atoms with Crippen molar-refractivity contribution in [3.05, 3.63) is 31.8 Å². The van der Waals surface area contributed by atoms with Crippen LogP contribution in [0.25, 0.3) is 0 Å². The molecule has 1 rings (SSSR count). The summed E-state index contributed by atoms with van der Waals surface area (Å²) >= 11 is 5.61. The Morgan fingerprint density at radius 1 is 0.957 bits per heavy atom. The summed E-state index contributed by atoms with van der Waals surface area (Å²) in [5.74, 6) is -0.222. The molecule has 0 bridgehead atoms. The summed E-state index contributed by atoms with van der Waals surface area (Å²) < 4.78 is 7.29. The summed E-state index contributed by atoms with van der Waals surface area (Å²) in [6.07, 6.45) is 12.9. The Morgan fingerprint density at radius 2 is 1.52 bits per heavy atom. The Hall–Kier alpha value is -0.100. The fourth-order valence-electron chi connectivity index (χ4n) is 2.51. The predicted octanol–water partition coefficient (Wildman–Crippen LogP) is 7.13. The van der Waals surface area contributed by atoms with Gasteiger partial charge in [0, 0.05) is 8.04 Å². The molecule has 0 N–H and O–H groups in total. The molecule has 4 heteroatoms. The van der Waals surface area contributed by atoms with Gasteiger partial charge in [0.05, 0.1) is 12.2 Å². The van der Waals surface area contributed by atoms with Gasteiger partial charge in [0.25, 0.3) is 0 Å². The number of hydrogen-bond donors (Lipinski definition) is 0. The lowest BCUT2D eigenvalue weighted by Crippen LogP contribution is -2.06. The van der Waals surface area contributed by atoms with Crippen LogP contribution in [-0.2, 0) is 4.74 Å². The summed E-state index contributed by atoms with van der Waals surface area (Å²) in [5.41, 5.74) is 0.621. The Morgan fingerprint density at radius 3 is 2.09 bits per heavy atom. The molecule has 0 aliphatic heterocycles. The van der Waals surface area contributed by atoms with E-state index in [4.69, 9.17) is 4.74 Å². The second-order valence-corrected chi connectivity index (χ2v) is 8.14. The average molecular weight is 495 g/mol. The topological polar surface area (TPSA) is 26.3 Å². The normalized spacial score (nSPS) is 10.7. The first-order chi connectivity index (χ1) is 11.1. The van der Waals surface area contributed by atoms with E-state index < -0.39 is 0 Å². The molecule has 0 aliphatic carbocycles. The van der Waals surface area contributed by atoms with Gasteiger partial charge in [0.1, 0.15) is 0 Å². The van der Waals surface area contributed by atoms with E-state index in [2.05, 4.69) is 45.4 Å². The Bertz CT molecular complexity index is 442. The van der Waals surface area contributed by atoms with Gasteiger partial charge in [0.2, 0.25) is 0 Å². The lowest BCUT2D eigenvalue weighted by molar-refractivity contribution is 0.0497. The van der Waals surface area contributed by atoms with Gasteiger partial charge < -0.3 is 4.74 Å². The highest BCUT2D eigenvalue weighted by Crippen LogP contribution is 2.18. The summed E-state index contributed by atoms with van der Waals surface area (Å²) in [6.45, 7) is 2.78. The Labute approximate surface area is 163 Å². The predicted molar refractivity (Wildman–Crippen MR) is 109 cm³/mol. The molecular formula is C19H28BrIO2. The highest BCUT2D eigenvalue weighted by atomic mass is 127. The zero-order chi connectivity index (χ0) is 16.9. The van der Waals surface area contributed by atoms with Crippen molar-refractivity contribution >= 4 is 44.5 Å². The maximum Gasteiger partial charge on any atom is 0.338 e. The molecule has 0 spiro atoms. The molecule has 0 aromatic heterocycles. The molecule has 0 radical (unpaired) electrons.